The van der Waals surface area contributed by atoms with Crippen molar-refractivity contribution >= 4 is 38.7 Å². The standard InChI is InChI=1S/C22H22Si.2ClH.Zr/c1-15-11-17-7-3-5-9-19(17)21(15)13-23-14-22-16(2)12-18-8-4-6-10-20(18)22;;;/h3-12,21-22H,13-14H2,1-2H3;2*1H;/q;;;+2/p-2. The van der Waals surface area contributed by atoms with Crippen molar-refractivity contribution in [2.75, 3.05) is 0 Å². The first kappa shape index (κ1) is 20.3. The second kappa shape index (κ2) is 9.69. The van der Waals surface area contributed by atoms with Crippen molar-refractivity contribution in [1.82, 2.24) is 0 Å². The quantitative estimate of drug-likeness (QED) is 0.406. The molecule has 4 rings (SSSR count). The van der Waals surface area contributed by atoms with Gasteiger partial charge < -0.3 is 0 Å². The van der Waals surface area contributed by atoms with Gasteiger partial charge in [0.05, 0.1) is 0 Å². The van der Waals surface area contributed by atoms with Crippen LogP contribution in [-0.2, 0) is 20.8 Å². The SMILES string of the molecule is CC1=Cc2ccccc2C1C[Si]CC1C(C)=Cc2ccccc21.[Cl][Zr][Cl]. The number of halogens is 2. The van der Waals surface area contributed by atoms with Crippen LogP contribution in [0.3, 0.4) is 0 Å². The number of allylic oxidation sites excluding steroid dienone is 2. The van der Waals surface area contributed by atoms with E-state index < -0.39 is 20.8 Å². The summed E-state index contributed by atoms with van der Waals surface area (Å²) >= 11 is -0.826. The van der Waals surface area contributed by atoms with E-state index in [4.69, 9.17) is 17.0 Å². The maximum absolute atomic E-state index is 4.93. The molecule has 0 aromatic heterocycles. The molecular weight excluding hydrogens is 454 g/mol. The second-order valence-electron chi connectivity index (χ2n) is 6.87. The fourth-order valence-corrected chi connectivity index (χ4v) is 5.84. The van der Waals surface area contributed by atoms with Gasteiger partial charge in [-0.05, 0) is 36.1 Å². The molecular formula is C22H22Cl2SiZr. The summed E-state index contributed by atoms with van der Waals surface area (Å²) in [5.74, 6) is 1.29. The zero-order chi connectivity index (χ0) is 18.5. The summed E-state index contributed by atoms with van der Waals surface area (Å²) in [4.78, 5) is 0. The number of hydrogen-bond acceptors (Lipinski definition) is 0. The first-order valence-corrected chi connectivity index (χ1v) is 16.6. The summed E-state index contributed by atoms with van der Waals surface area (Å²) in [6, 6.07) is 20.4. The Morgan fingerprint density at radius 1 is 0.769 bits per heavy atom. The van der Waals surface area contributed by atoms with Crippen LogP contribution in [0.2, 0.25) is 12.1 Å². The van der Waals surface area contributed by atoms with Gasteiger partial charge in [-0.1, -0.05) is 83.9 Å². The van der Waals surface area contributed by atoms with Gasteiger partial charge in [0.1, 0.15) is 0 Å². The fraction of sp³-hybridized carbons (Fsp3) is 0.273. The zero-order valence-electron chi connectivity index (χ0n) is 15.1. The molecule has 0 heterocycles. The van der Waals surface area contributed by atoms with E-state index in [1.807, 2.05) is 0 Å². The van der Waals surface area contributed by atoms with E-state index >= 15 is 0 Å². The molecule has 0 fully saturated rings. The van der Waals surface area contributed by atoms with Crippen LogP contribution in [0.5, 0.6) is 0 Å². The van der Waals surface area contributed by atoms with Gasteiger partial charge in [0.25, 0.3) is 0 Å². The van der Waals surface area contributed by atoms with Crippen molar-refractivity contribution in [3.63, 3.8) is 0 Å². The average Bonchev–Trinajstić information content (AvgIpc) is 3.12. The minimum atomic E-state index is -0.826. The van der Waals surface area contributed by atoms with Crippen molar-refractivity contribution in [1.29, 1.82) is 0 Å². The van der Waals surface area contributed by atoms with E-state index in [1.54, 1.807) is 0 Å². The molecule has 2 unspecified atom stereocenters. The molecule has 0 aliphatic heterocycles. The van der Waals surface area contributed by atoms with E-state index in [-0.39, 0.29) is 0 Å². The molecule has 0 spiro atoms. The average molecular weight is 477 g/mol. The summed E-state index contributed by atoms with van der Waals surface area (Å²) in [7, 11) is 10.9. The normalized spacial score (nSPS) is 19.7. The fourth-order valence-electron chi connectivity index (χ4n) is 4.02. The molecule has 2 aliphatic carbocycles. The monoisotopic (exact) mass is 474 g/mol. The van der Waals surface area contributed by atoms with Crippen LogP contribution in [0.4, 0.5) is 0 Å². The molecule has 0 bridgehead atoms. The first-order chi connectivity index (χ1) is 12.7. The van der Waals surface area contributed by atoms with Gasteiger partial charge >= 0.3 is 37.9 Å². The Morgan fingerprint density at radius 3 is 1.58 bits per heavy atom. The second-order valence-corrected chi connectivity index (χ2v) is 11.9. The van der Waals surface area contributed by atoms with Gasteiger partial charge in [0, 0.05) is 21.4 Å². The Labute approximate surface area is 178 Å². The van der Waals surface area contributed by atoms with Crippen LogP contribution in [0.1, 0.15) is 47.9 Å². The summed E-state index contributed by atoms with van der Waals surface area (Å²) < 4.78 is 0. The van der Waals surface area contributed by atoms with E-state index in [0.717, 1.165) is 9.52 Å². The molecule has 132 valence electrons. The Kier molecular flexibility index (Phi) is 7.58. The molecule has 0 amide bonds. The van der Waals surface area contributed by atoms with Crippen molar-refractivity contribution in [3.8, 4) is 0 Å². The summed E-state index contributed by atoms with van der Waals surface area (Å²) in [6.07, 6.45) is 4.75. The van der Waals surface area contributed by atoms with Gasteiger partial charge in [-0.25, -0.2) is 0 Å². The molecule has 0 nitrogen and oxygen atoms in total. The van der Waals surface area contributed by atoms with Crippen LogP contribution in [-0.4, -0.2) is 9.52 Å². The van der Waals surface area contributed by atoms with Crippen LogP contribution >= 0.6 is 17.0 Å². The summed E-state index contributed by atoms with van der Waals surface area (Å²) in [6.45, 7) is 4.59. The number of hydrogen-bond donors (Lipinski definition) is 0. The zero-order valence-corrected chi connectivity index (χ0v) is 20.1. The van der Waals surface area contributed by atoms with Crippen LogP contribution in [0.25, 0.3) is 12.2 Å². The Balaban J connectivity index is 0.000000613. The maximum atomic E-state index is 4.93. The van der Waals surface area contributed by atoms with Crippen molar-refractivity contribution in [2.24, 2.45) is 0 Å². The molecule has 26 heavy (non-hydrogen) atoms. The molecule has 0 saturated carbocycles. The Hall–Kier alpha value is -0.400. The molecule has 0 N–H and O–H groups in total. The Bertz CT molecular complexity index is 761. The van der Waals surface area contributed by atoms with Gasteiger partial charge in [-0.3, -0.25) is 0 Å². The first-order valence-electron chi connectivity index (χ1n) is 8.87. The number of fused-ring (bicyclic) bond motifs is 2. The molecule has 4 heteroatoms. The molecule has 2 aromatic carbocycles. The Morgan fingerprint density at radius 2 is 1.15 bits per heavy atom. The minimum absolute atomic E-state index is 0.644. The van der Waals surface area contributed by atoms with Crippen LogP contribution in [0, 0.1) is 0 Å². The molecule has 2 atom stereocenters. The molecule has 0 saturated heterocycles. The predicted octanol–water partition coefficient (Wildman–Crippen LogP) is 7.31. The molecule has 2 radical (unpaired) electrons. The van der Waals surface area contributed by atoms with Crippen molar-refractivity contribution < 1.29 is 20.8 Å². The predicted molar refractivity (Wildman–Crippen MR) is 113 cm³/mol. The van der Waals surface area contributed by atoms with Gasteiger partial charge in [0.15, 0.2) is 0 Å². The van der Waals surface area contributed by atoms with Gasteiger partial charge in [-0.15, -0.1) is 0 Å². The van der Waals surface area contributed by atoms with Gasteiger partial charge in [-0.2, -0.15) is 0 Å². The van der Waals surface area contributed by atoms with Crippen molar-refractivity contribution in [2.45, 2.75) is 37.8 Å². The van der Waals surface area contributed by atoms with Crippen molar-refractivity contribution in [3.05, 3.63) is 81.9 Å². The van der Waals surface area contributed by atoms with Crippen LogP contribution in [0.15, 0.2) is 59.7 Å². The third-order valence-corrected chi connectivity index (χ3v) is 6.70. The summed E-state index contributed by atoms with van der Waals surface area (Å²) in [5, 5.41) is 0. The third-order valence-electron chi connectivity index (χ3n) is 5.31. The molecule has 2 aliphatic rings. The topological polar surface area (TPSA) is 0 Å². The van der Waals surface area contributed by atoms with E-state index in [1.165, 1.54) is 45.5 Å². The number of benzene rings is 2. The summed E-state index contributed by atoms with van der Waals surface area (Å²) in [5.41, 5.74) is 9.02. The third kappa shape index (κ3) is 4.53. The van der Waals surface area contributed by atoms with Gasteiger partial charge in [0.2, 0.25) is 0 Å². The molecule has 2 aromatic rings. The van der Waals surface area contributed by atoms with Crippen LogP contribution < -0.4 is 0 Å². The van der Waals surface area contributed by atoms with E-state index in [2.05, 4.69) is 74.5 Å². The van der Waals surface area contributed by atoms with E-state index in [0.29, 0.717) is 11.8 Å². The van der Waals surface area contributed by atoms with E-state index in [9.17, 15) is 0 Å². The number of rotatable bonds is 4.